The van der Waals surface area contributed by atoms with Crippen LogP contribution >= 0.6 is 11.6 Å². The van der Waals surface area contributed by atoms with Gasteiger partial charge in [-0.05, 0) is 55.7 Å². The SMILES string of the molecule is COC(=O)N[C@@H](CO)C(=O)NC[C@@]1(O)C2CC[C@H]1C[C@H](S(=O)(=O)c1cc(C(=O)Nc3cc(F)c(F)c(F)c3)ccc1Cl)C2. The summed E-state index contributed by atoms with van der Waals surface area (Å²) in [6, 6.07) is 3.27. The largest absolute Gasteiger partial charge is 0.453 e. The lowest BCUT2D eigenvalue weighted by molar-refractivity contribution is -0.127. The Morgan fingerprint density at radius 3 is 2.26 bits per heavy atom. The van der Waals surface area contributed by atoms with Gasteiger partial charge in [-0.25, -0.2) is 26.4 Å². The Morgan fingerprint density at radius 2 is 1.70 bits per heavy atom. The number of ether oxygens (including phenoxy) is 1. The van der Waals surface area contributed by atoms with Crippen molar-refractivity contribution >= 4 is 45.0 Å². The maximum absolute atomic E-state index is 13.7. The molecule has 2 fully saturated rings. The number of amides is 3. The zero-order valence-corrected chi connectivity index (χ0v) is 24.3. The number of fused-ring (bicyclic) bond motifs is 2. The lowest BCUT2D eigenvalue weighted by Crippen LogP contribution is -2.57. The Kier molecular flexibility index (Phi) is 9.59. The van der Waals surface area contributed by atoms with E-state index in [0.29, 0.717) is 25.0 Å². The molecular formula is C27H29ClF3N3O8S. The molecule has 2 aliphatic rings. The highest BCUT2D eigenvalue weighted by molar-refractivity contribution is 7.92. The molecule has 0 spiro atoms. The van der Waals surface area contributed by atoms with Gasteiger partial charge in [-0.15, -0.1) is 0 Å². The van der Waals surface area contributed by atoms with Gasteiger partial charge in [0.2, 0.25) is 5.91 Å². The molecule has 2 aromatic carbocycles. The maximum atomic E-state index is 13.7. The molecule has 2 bridgehead atoms. The van der Waals surface area contributed by atoms with Crippen LogP contribution in [-0.4, -0.2) is 73.7 Å². The quantitative estimate of drug-likeness (QED) is 0.259. The molecule has 0 radical (unpaired) electrons. The average molecular weight is 648 g/mol. The molecule has 0 aromatic heterocycles. The third kappa shape index (κ3) is 6.59. The number of carbonyl (C=O) groups excluding carboxylic acids is 3. The van der Waals surface area contributed by atoms with Gasteiger partial charge >= 0.3 is 6.09 Å². The second kappa shape index (κ2) is 12.7. The van der Waals surface area contributed by atoms with Crippen molar-refractivity contribution in [3.63, 3.8) is 0 Å². The normalized spacial score (nSPS) is 23.7. The average Bonchev–Trinajstić information content (AvgIpc) is 3.12. The van der Waals surface area contributed by atoms with E-state index in [-0.39, 0.29) is 40.6 Å². The smallest absolute Gasteiger partial charge is 0.407 e. The summed E-state index contributed by atoms with van der Waals surface area (Å²) < 4.78 is 72.3. The van der Waals surface area contributed by atoms with Crippen molar-refractivity contribution in [2.24, 2.45) is 11.8 Å². The maximum Gasteiger partial charge on any atom is 0.407 e. The lowest BCUT2D eigenvalue weighted by atomic mass is 9.74. The van der Waals surface area contributed by atoms with E-state index in [1.165, 1.54) is 12.1 Å². The van der Waals surface area contributed by atoms with Gasteiger partial charge < -0.3 is 30.9 Å². The lowest BCUT2D eigenvalue weighted by Gasteiger charge is -2.42. The van der Waals surface area contributed by atoms with Crippen LogP contribution in [0.25, 0.3) is 0 Å². The molecule has 2 saturated carbocycles. The van der Waals surface area contributed by atoms with Gasteiger partial charge in [0.1, 0.15) is 6.04 Å². The molecule has 43 heavy (non-hydrogen) atoms. The van der Waals surface area contributed by atoms with Crippen LogP contribution in [0.2, 0.25) is 5.02 Å². The predicted octanol–water partition coefficient (Wildman–Crippen LogP) is 2.54. The minimum absolute atomic E-state index is 0.0237. The molecule has 2 aromatic rings. The monoisotopic (exact) mass is 647 g/mol. The second-order valence-corrected chi connectivity index (χ2v) is 13.1. The molecule has 3 amide bonds. The molecule has 0 heterocycles. The van der Waals surface area contributed by atoms with Crippen molar-refractivity contribution in [1.29, 1.82) is 0 Å². The first-order chi connectivity index (χ1) is 20.2. The summed E-state index contributed by atoms with van der Waals surface area (Å²) >= 11 is 6.23. The molecule has 234 valence electrons. The number of benzene rings is 2. The number of alkyl carbamates (subject to hydrolysis) is 1. The zero-order valence-electron chi connectivity index (χ0n) is 22.7. The number of methoxy groups -OCH3 is 1. The van der Waals surface area contributed by atoms with E-state index in [2.05, 4.69) is 20.7 Å². The summed E-state index contributed by atoms with van der Waals surface area (Å²) in [4.78, 5) is 36.3. The Bertz CT molecular complexity index is 1510. The van der Waals surface area contributed by atoms with Gasteiger partial charge in [-0.2, -0.15) is 0 Å². The fourth-order valence-electron chi connectivity index (χ4n) is 5.77. The zero-order chi connectivity index (χ0) is 31.7. The minimum atomic E-state index is -4.16. The van der Waals surface area contributed by atoms with E-state index in [9.17, 15) is 46.2 Å². The topological polar surface area (TPSA) is 171 Å². The van der Waals surface area contributed by atoms with Crippen LogP contribution in [0.1, 0.15) is 36.0 Å². The molecule has 5 atom stereocenters. The Labute approximate surface area is 249 Å². The van der Waals surface area contributed by atoms with Crippen molar-refractivity contribution in [2.75, 3.05) is 25.6 Å². The standard InChI is InChI=1S/C27H29ClF3N3O8S/c1-42-26(38)34-21(11-35)25(37)32-12-27(39)14-3-4-15(27)8-17(7-14)43(40,41)22-6-13(2-5-18(22)28)24(36)33-16-9-19(29)23(31)20(30)10-16/h2,5-6,9-10,14-15,17,21,35,39H,3-4,7-8,11-12H2,1H3,(H,32,37)(H,33,36)(H,34,38)/t14-,15?,17-,21-,27-/m0/s1. The number of hydrogen-bond acceptors (Lipinski definition) is 8. The molecule has 0 saturated heterocycles. The van der Waals surface area contributed by atoms with Crippen LogP contribution in [-0.2, 0) is 19.4 Å². The van der Waals surface area contributed by atoms with Gasteiger partial charge in [-0.3, -0.25) is 9.59 Å². The Hall–Kier alpha value is -3.40. The highest BCUT2D eigenvalue weighted by Crippen LogP contribution is 2.52. The van der Waals surface area contributed by atoms with Gasteiger partial charge in [0.25, 0.3) is 5.91 Å². The minimum Gasteiger partial charge on any atom is -0.453 e. The van der Waals surface area contributed by atoms with Crippen LogP contribution in [0.4, 0.5) is 23.7 Å². The molecule has 11 nitrogen and oxygen atoms in total. The van der Waals surface area contributed by atoms with E-state index in [1.54, 1.807) is 0 Å². The summed E-state index contributed by atoms with van der Waals surface area (Å²) in [5, 5.41) is 26.6. The number of hydrogen-bond donors (Lipinski definition) is 5. The van der Waals surface area contributed by atoms with Crippen molar-refractivity contribution in [3.05, 3.63) is 58.4 Å². The molecule has 5 N–H and O–H groups in total. The summed E-state index contributed by atoms with van der Waals surface area (Å²) in [6.07, 6.45) is 0.0743. The van der Waals surface area contributed by atoms with Crippen molar-refractivity contribution < 1.29 is 50.9 Å². The fraction of sp³-hybridized carbons (Fsp3) is 0.444. The molecule has 0 aliphatic heterocycles. The first kappa shape index (κ1) is 32.5. The Balaban J connectivity index is 1.48. The first-order valence-electron chi connectivity index (χ1n) is 13.2. The second-order valence-electron chi connectivity index (χ2n) is 10.5. The van der Waals surface area contributed by atoms with E-state index >= 15 is 0 Å². The number of aliphatic hydroxyl groups is 2. The van der Waals surface area contributed by atoms with Gasteiger partial charge in [0, 0.05) is 29.9 Å². The third-order valence-corrected chi connectivity index (χ3v) is 10.7. The van der Waals surface area contributed by atoms with Crippen molar-refractivity contribution in [3.8, 4) is 0 Å². The molecule has 4 rings (SSSR count). The van der Waals surface area contributed by atoms with E-state index in [1.807, 2.05) is 0 Å². The number of nitrogens with one attached hydrogen (secondary N) is 3. The summed E-state index contributed by atoms with van der Waals surface area (Å²) in [7, 11) is -3.07. The fourth-order valence-corrected chi connectivity index (χ4v) is 8.17. The predicted molar refractivity (Wildman–Crippen MR) is 147 cm³/mol. The van der Waals surface area contributed by atoms with E-state index in [4.69, 9.17) is 11.6 Å². The number of sulfone groups is 1. The number of anilines is 1. The first-order valence-corrected chi connectivity index (χ1v) is 15.1. The van der Waals surface area contributed by atoms with Gasteiger partial charge in [-0.1, -0.05) is 11.6 Å². The summed E-state index contributed by atoms with van der Waals surface area (Å²) in [5.74, 6) is -7.49. The molecule has 2 aliphatic carbocycles. The highest BCUT2D eigenvalue weighted by Gasteiger charge is 2.55. The van der Waals surface area contributed by atoms with E-state index < -0.39 is 80.5 Å². The highest BCUT2D eigenvalue weighted by atomic mass is 35.5. The van der Waals surface area contributed by atoms with Gasteiger partial charge in [0.15, 0.2) is 27.3 Å². The van der Waals surface area contributed by atoms with Crippen molar-refractivity contribution in [2.45, 2.75) is 47.5 Å². The number of halogens is 4. The van der Waals surface area contributed by atoms with Crippen LogP contribution < -0.4 is 16.0 Å². The van der Waals surface area contributed by atoms with Crippen LogP contribution in [0, 0.1) is 29.3 Å². The van der Waals surface area contributed by atoms with Crippen LogP contribution in [0.15, 0.2) is 35.2 Å². The molecule has 1 unspecified atom stereocenters. The van der Waals surface area contributed by atoms with Crippen molar-refractivity contribution in [1.82, 2.24) is 10.6 Å². The number of rotatable bonds is 9. The van der Waals surface area contributed by atoms with E-state index in [0.717, 1.165) is 13.2 Å². The number of carbonyl (C=O) groups is 3. The van der Waals surface area contributed by atoms with Gasteiger partial charge in [0.05, 0.1) is 34.5 Å². The number of aliphatic hydroxyl groups excluding tert-OH is 1. The molecular weight excluding hydrogens is 619 g/mol. The third-order valence-electron chi connectivity index (χ3n) is 8.08. The summed E-state index contributed by atoms with van der Waals surface area (Å²) in [5.41, 5.74) is -2.02. The Morgan fingerprint density at radius 1 is 1.09 bits per heavy atom. The molecule has 16 heteroatoms. The van der Waals surface area contributed by atoms with Crippen LogP contribution in [0.3, 0.4) is 0 Å². The van der Waals surface area contributed by atoms with Crippen LogP contribution in [0.5, 0.6) is 0 Å². The summed E-state index contributed by atoms with van der Waals surface area (Å²) in [6.45, 7) is -0.962.